The molecular formula is C13H18N2O. The Morgan fingerprint density at radius 2 is 2.19 bits per heavy atom. The third kappa shape index (κ3) is 2.36. The van der Waals surface area contributed by atoms with Crippen molar-refractivity contribution in [2.75, 3.05) is 38.7 Å². The predicted octanol–water partition coefficient (Wildman–Crippen LogP) is 1.71. The van der Waals surface area contributed by atoms with E-state index in [9.17, 15) is 0 Å². The number of hydrogen-bond acceptors (Lipinski definition) is 3. The lowest BCUT2D eigenvalue weighted by molar-refractivity contribution is 0.214. The molecule has 0 aliphatic carbocycles. The second-order valence-electron chi connectivity index (χ2n) is 3.98. The first-order chi connectivity index (χ1) is 7.81. The van der Waals surface area contributed by atoms with Crippen molar-refractivity contribution in [1.29, 1.82) is 0 Å². The summed E-state index contributed by atoms with van der Waals surface area (Å²) in [7, 11) is 4.02. The lowest BCUT2D eigenvalue weighted by Crippen LogP contribution is -2.26. The van der Waals surface area contributed by atoms with Crippen molar-refractivity contribution < 1.29 is 4.74 Å². The zero-order valence-electron chi connectivity index (χ0n) is 9.86. The van der Waals surface area contributed by atoms with Crippen LogP contribution < -0.4 is 10.2 Å². The van der Waals surface area contributed by atoms with Crippen LogP contribution in [0.3, 0.4) is 0 Å². The van der Waals surface area contributed by atoms with Crippen molar-refractivity contribution >= 4 is 11.8 Å². The van der Waals surface area contributed by atoms with Crippen LogP contribution in [0.15, 0.2) is 30.0 Å². The van der Waals surface area contributed by atoms with Gasteiger partial charge in [-0.1, -0.05) is 18.2 Å². The van der Waals surface area contributed by atoms with E-state index < -0.39 is 0 Å². The summed E-state index contributed by atoms with van der Waals surface area (Å²) >= 11 is 0. The second-order valence-corrected chi connectivity index (χ2v) is 3.98. The highest BCUT2D eigenvalue weighted by molar-refractivity contribution is 5.72. The minimum Gasteiger partial charge on any atom is -0.495 e. The third-order valence-electron chi connectivity index (χ3n) is 2.70. The van der Waals surface area contributed by atoms with E-state index in [0.717, 1.165) is 25.5 Å². The molecule has 1 heterocycles. The fourth-order valence-corrected chi connectivity index (χ4v) is 1.87. The molecule has 1 aliphatic rings. The number of nitrogens with one attached hydrogen (secondary N) is 1. The third-order valence-corrected chi connectivity index (χ3v) is 2.70. The quantitative estimate of drug-likeness (QED) is 0.779. The fraction of sp³-hybridized carbons (Fsp3) is 0.385. The van der Waals surface area contributed by atoms with Crippen LogP contribution in [0, 0.1) is 0 Å². The molecule has 0 unspecified atom stereocenters. The highest BCUT2D eigenvalue weighted by Crippen LogP contribution is 2.27. The van der Waals surface area contributed by atoms with E-state index in [1.165, 1.54) is 11.3 Å². The Balaban J connectivity index is 2.10. The fourth-order valence-electron chi connectivity index (χ4n) is 1.87. The molecule has 86 valence electrons. The largest absolute Gasteiger partial charge is 0.495 e. The Hall–Kier alpha value is -1.48. The van der Waals surface area contributed by atoms with Crippen LogP contribution in [0.1, 0.15) is 5.56 Å². The van der Waals surface area contributed by atoms with Gasteiger partial charge in [0, 0.05) is 24.8 Å². The van der Waals surface area contributed by atoms with Gasteiger partial charge < -0.3 is 15.0 Å². The number of fused-ring (bicyclic) bond motifs is 1. The van der Waals surface area contributed by atoms with Gasteiger partial charge in [-0.15, -0.1) is 0 Å². The van der Waals surface area contributed by atoms with Gasteiger partial charge in [0.25, 0.3) is 0 Å². The van der Waals surface area contributed by atoms with Gasteiger partial charge >= 0.3 is 0 Å². The minimum absolute atomic E-state index is 0.721. The molecule has 1 N–H and O–H groups in total. The zero-order valence-corrected chi connectivity index (χ0v) is 9.86. The molecule has 0 saturated carbocycles. The first kappa shape index (κ1) is 11.0. The summed E-state index contributed by atoms with van der Waals surface area (Å²) in [5.41, 5.74) is 2.50. The molecule has 0 saturated heterocycles. The average Bonchev–Trinajstić information content (AvgIpc) is 2.30. The molecule has 0 amide bonds. The van der Waals surface area contributed by atoms with E-state index in [4.69, 9.17) is 4.74 Å². The van der Waals surface area contributed by atoms with Gasteiger partial charge in [0.1, 0.15) is 12.4 Å². The topological polar surface area (TPSA) is 24.5 Å². The van der Waals surface area contributed by atoms with Crippen molar-refractivity contribution in [2.24, 2.45) is 0 Å². The molecule has 16 heavy (non-hydrogen) atoms. The Bertz CT molecular complexity index is 387. The SMILES string of the molecule is CNCCOC1=Cc2ccccc2N(C)C1. The molecule has 0 aromatic heterocycles. The Morgan fingerprint density at radius 1 is 1.38 bits per heavy atom. The predicted molar refractivity (Wildman–Crippen MR) is 67.6 cm³/mol. The summed E-state index contributed by atoms with van der Waals surface area (Å²) in [5.74, 6) is 1.04. The molecule has 0 fully saturated rings. The number of nitrogens with zero attached hydrogens (tertiary/aromatic N) is 1. The maximum absolute atomic E-state index is 5.71. The first-order valence-electron chi connectivity index (χ1n) is 5.59. The maximum Gasteiger partial charge on any atom is 0.116 e. The number of hydrogen-bond donors (Lipinski definition) is 1. The number of likely N-dealkylation sites (N-methyl/N-ethyl adjacent to an activating group) is 2. The molecule has 1 aromatic carbocycles. The van der Waals surface area contributed by atoms with Crippen LogP contribution in [0.4, 0.5) is 5.69 Å². The number of anilines is 1. The molecule has 0 spiro atoms. The van der Waals surface area contributed by atoms with Gasteiger partial charge in [-0.3, -0.25) is 0 Å². The van der Waals surface area contributed by atoms with Crippen LogP contribution in [0.5, 0.6) is 0 Å². The standard InChI is InChI=1S/C13H18N2O/c1-14-7-8-16-12-9-11-5-3-4-6-13(11)15(2)10-12/h3-6,9,14H,7-8,10H2,1-2H3. The highest BCUT2D eigenvalue weighted by atomic mass is 16.5. The van der Waals surface area contributed by atoms with Crippen molar-refractivity contribution in [3.63, 3.8) is 0 Å². The van der Waals surface area contributed by atoms with Gasteiger partial charge in [-0.25, -0.2) is 0 Å². The monoisotopic (exact) mass is 218 g/mol. The summed E-state index contributed by atoms with van der Waals surface area (Å²) in [6, 6.07) is 8.37. The van der Waals surface area contributed by atoms with E-state index in [1.807, 2.05) is 7.05 Å². The van der Waals surface area contributed by atoms with Gasteiger partial charge in [-0.05, 0) is 19.2 Å². The number of ether oxygens (including phenoxy) is 1. The van der Waals surface area contributed by atoms with E-state index in [2.05, 4.69) is 47.6 Å². The van der Waals surface area contributed by atoms with Crippen LogP contribution in [-0.2, 0) is 4.74 Å². The molecule has 0 radical (unpaired) electrons. The summed E-state index contributed by atoms with van der Waals surface area (Å²) < 4.78 is 5.71. The minimum atomic E-state index is 0.721. The van der Waals surface area contributed by atoms with E-state index in [1.54, 1.807) is 0 Å². The zero-order chi connectivity index (χ0) is 11.4. The van der Waals surface area contributed by atoms with Crippen molar-refractivity contribution in [3.05, 3.63) is 35.6 Å². The Kier molecular flexibility index (Phi) is 3.47. The number of para-hydroxylation sites is 1. The van der Waals surface area contributed by atoms with Crippen LogP contribution in [0.2, 0.25) is 0 Å². The number of benzene rings is 1. The summed E-state index contributed by atoms with van der Waals surface area (Å²) in [4.78, 5) is 2.21. The first-order valence-corrected chi connectivity index (χ1v) is 5.59. The average molecular weight is 218 g/mol. The van der Waals surface area contributed by atoms with Gasteiger partial charge in [0.05, 0.1) is 6.54 Å². The van der Waals surface area contributed by atoms with E-state index in [0.29, 0.717) is 0 Å². The lowest BCUT2D eigenvalue weighted by Gasteiger charge is -2.27. The molecule has 3 nitrogen and oxygen atoms in total. The Morgan fingerprint density at radius 3 is 3.00 bits per heavy atom. The van der Waals surface area contributed by atoms with Gasteiger partial charge in [-0.2, -0.15) is 0 Å². The van der Waals surface area contributed by atoms with E-state index in [-0.39, 0.29) is 0 Å². The summed E-state index contributed by atoms with van der Waals surface area (Å²) in [6.07, 6.45) is 2.13. The second kappa shape index (κ2) is 5.03. The molecule has 1 aliphatic heterocycles. The molecule has 2 rings (SSSR count). The molecule has 0 bridgehead atoms. The number of rotatable bonds is 4. The normalized spacial score (nSPS) is 14.4. The Labute approximate surface area is 96.7 Å². The summed E-state index contributed by atoms with van der Waals surface area (Å²) in [6.45, 7) is 2.45. The maximum atomic E-state index is 5.71. The molecule has 3 heteroatoms. The molecular weight excluding hydrogens is 200 g/mol. The molecule has 1 aromatic rings. The van der Waals surface area contributed by atoms with Crippen molar-refractivity contribution in [2.45, 2.75) is 0 Å². The van der Waals surface area contributed by atoms with Crippen LogP contribution in [0.25, 0.3) is 6.08 Å². The summed E-state index contributed by atoms with van der Waals surface area (Å²) in [5, 5.41) is 3.07. The van der Waals surface area contributed by atoms with E-state index >= 15 is 0 Å². The van der Waals surface area contributed by atoms with Crippen LogP contribution in [-0.4, -0.2) is 33.8 Å². The molecule has 0 atom stereocenters. The van der Waals surface area contributed by atoms with Crippen molar-refractivity contribution in [3.8, 4) is 0 Å². The van der Waals surface area contributed by atoms with Crippen LogP contribution >= 0.6 is 0 Å². The lowest BCUT2D eigenvalue weighted by atomic mass is 10.1. The highest BCUT2D eigenvalue weighted by Gasteiger charge is 2.14. The van der Waals surface area contributed by atoms with Gasteiger partial charge in [0.2, 0.25) is 0 Å². The van der Waals surface area contributed by atoms with Crippen molar-refractivity contribution in [1.82, 2.24) is 5.32 Å². The smallest absolute Gasteiger partial charge is 0.116 e. The van der Waals surface area contributed by atoms with Gasteiger partial charge in [0.15, 0.2) is 0 Å².